The van der Waals surface area contributed by atoms with Gasteiger partial charge in [0, 0.05) is 0 Å². The fraction of sp³-hybridized carbons (Fsp3) is 0.865. The second kappa shape index (κ2) is 45.3. The van der Waals surface area contributed by atoms with Crippen LogP contribution in [0.2, 0.25) is 0 Å². The van der Waals surface area contributed by atoms with E-state index in [9.17, 15) is 24.0 Å². The van der Waals surface area contributed by atoms with Gasteiger partial charge in [0.25, 0.3) is 6.47 Å². The van der Waals surface area contributed by atoms with Crippen LogP contribution in [0.15, 0.2) is 0 Å². The van der Waals surface area contributed by atoms with E-state index in [1.54, 1.807) is 13.8 Å². The number of carbonyl (C=O) groups is 5. The number of carbonyl (C=O) groups excluding carboxylic acids is 3. The first-order valence-electron chi connectivity index (χ1n) is 18.3. The van der Waals surface area contributed by atoms with Crippen LogP contribution in [-0.4, -0.2) is 101 Å². The van der Waals surface area contributed by atoms with E-state index in [0.29, 0.717) is 31.5 Å². The second-order valence-corrected chi connectivity index (χ2v) is 12.4. The molecule has 0 spiro atoms. The Hall–Kier alpha value is -1.89. The number of rotatable bonds is 23. The number of carboxylic acid groups (broad SMARTS) is 2. The molecule has 0 heterocycles. The van der Waals surface area contributed by atoms with E-state index in [-0.39, 0.29) is 82.6 Å². The van der Waals surface area contributed by atoms with Crippen molar-refractivity contribution in [3.05, 3.63) is 0 Å². The molecule has 0 bridgehead atoms. The van der Waals surface area contributed by atoms with E-state index in [0.717, 1.165) is 44.9 Å². The average molecular weight is 950 g/mol. The average Bonchev–Trinajstić information content (AvgIpc) is 3.13. The Balaban J connectivity index is -0.000000133. The molecule has 0 aromatic rings. The van der Waals surface area contributed by atoms with Crippen molar-refractivity contribution in [2.75, 3.05) is 26.8 Å². The van der Waals surface area contributed by atoms with Gasteiger partial charge < -0.3 is 24.4 Å². The number of esters is 2. The molecule has 7 atom stereocenters. The maximum absolute atomic E-state index is 11.2. The summed E-state index contributed by atoms with van der Waals surface area (Å²) in [5.74, 6) is -1.52. The Morgan fingerprint density at radius 2 is 0.808 bits per heavy atom. The van der Waals surface area contributed by atoms with Crippen molar-refractivity contribution < 1.29 is 67.9 Å². The molecule has 0 rings (SSSR count). The zero-order valence-electron chi connectivity index (χ0n) is 34.7. The fourth-order valence-electron chi connectivity index (χ4n) is 1.95. The van der Waals surface area contributed by atoms with Crippen molar-refractivity contribution in [2.24, 2.45) is 35.5 Å². The Morgan fingerprint density at radius 3 is 0.981 bits per heavy atom. The SMILES string of the molecule is CCC(C)C(=O)O.CCC(C)C(=O)O.CCC(C)COOCOC(=O)C(C)CC.CCC(C)COOCOC(=O)C(C)CC.CCC(C)OC=O.[Pb+2]. The molecule has 52 heavy (non-hydrogen) atoms. The van der Waals surface area contributed by atoms with E-state index in [4.69, 9.17) is 39.2 Å². The first kappa shape index (κ1) is 62.1. The Morgan fingerprint density at radius 1 is 0.500 bits per heavy atom. The molecule has 7 unspecified atom stereocenters. The molecule has 0 aliphatic heterocycles. The molecule has 0 aromatic carbocycles. The summed E-state index contributed by atoms with van der Waals surface area (Å²) >= 11 is 0. The van der Waals surface area contributed by atoms with Crippen molar-refractivity contribution >= 4 is 57.6 Å². The van der Waals surface area contributed by atoms with Gasteiger partial charge in [-0.05, 0) is 50.9 Å². The normalized spacial score (nSPS) is 13.8. The van der Waals surface area contributed by atoms with Gasteiger partial charge in [0.15, 0.2) is 0 Å². The molecule has 2 radical (unpaired) electrons. The molecule has 0 aromatic heterocycles. The minimum absolute atomic E-state index is 0. The molecule has 14 nitrogen and oxygen atoms in total. The van der Waals surface area contributed by atoms with Crippen LogP contribution in [-0.2, 0) is 57.7 Å². The third-order valence-electron chi connectivity index (χ3n) is 7.72. The van der Waals surface area contributed by atoms with E-state index < -0.39 is 11.9 Å². The van der Waals surface area contributed by atoms with Crippen molar-refractivity contribution in [3.63, 3.8) is 0 Å². The topological polar surface area (TPSA) is 190 Å². The number of carboxylic acids is 2. The summed E-state index contributed by atoms with van der Waals surface area (Å²) in [6.45, 7) is 28.0. The molecule has 0 saturated carbocycles. The Bertz CT molecular complexity index is 772. The third kappa shape index (κ3) is 48.1. The van der Waals surface area contributed by atoms with Crippen LogP contribution in [0.5, 0.6) is 0 Å². The fourth-order valence-corrected chi connectivity index (χ4v) is 1.95. The Kier molecular flexibility index (Phi) is 54.1. The summed E-state index contributed by atoms with van der Waals surface area (Å²) in [5.41, 5.74) is 0. The monoisotopic (exact) mass is 950 g/mol. The summed E-state index contributed by atoms with van der Waals surface area (Å²) in [4.78, 5) is 71.0. The minimum atomic E-state index is -0.706. The minimum Gasteiger partial charge on any atom is -0.481 e. The molecule has 308 valence electrons. The molecule has 15 heteroatoms. The van der Waals surface area contributed by atoms with E-state index in [1.165, 1.54) is 0 Å². The molecule has 0 fully saturated rings. The van der Waals surface area contributed by atoms with Gasteiger partial charge in [0.2, 0.25) is 13.6 Å². The smallest absolute Gasteiger partial charge is 0.481 e. The molecule has 0 aliphatic carbocycles. The van der Waals surface area contributed by atoms with Crippen molar-refractivity contribution in [3.8, 4) is 0 Å². The molecular weight excluding hydrogens is 876 g/mol. The Labute approximate surface area is 334 Å². The largest absolute Gasteiger partial charge is 2.00 e. The van der Waals surface area contributed by atoms with Crippen LogP contribution in [0.1, 0.15) is 142 Å². The first-order valence-corrected chi connectivity index (χ1v) is 18.3. The van der Waals surface area contributed by atoms with Gasteiger partial charge in [-0.1, -0.05) is 103 Å². The van der Waals surface area contributed by atoms with Crippen LogP contribution in [0, 0.1) is 35.5 Å². The molecular formula is C37H74O14Pb+2. The maximum Gasteiger partial charge on any atom is 2.00 e. The van der Waals surface area contributed by atoms with Gasteiger partial charge in [-0.25, -0.2) is 9.78 Å². The van der Waals surface area contributed by atoms with Gasteiger partial charge in [0.1, 0.15) is 0 Å². The predicted molar refractivity (Wildman–Crippen MR) is 201 cm³/mol. The summed E-state index contributed by atoms with van der Waals surface area (Å²) in [7, 11) is 0. The van der Waals surface area contributed by atoms with E-state index >= 15 is 0 Å². The van der Waals surface area contributed by atoms with Crippen LogP contribution in [0.25, 0.3) is 0 Å². The van der Waals surface area contributed by atoms with Crippen LogP contribution in [0.4, 0.5) is 0 Å². The number of hydrogen-bond acceptors (Lipinski definition) is 12. The third-order valence-corrected chi connectivity index (χ3v) is 7.72. The van der Waals surface area contributed by atoms with Gasteiger partial charge in [-0.2, -0.15) is 9.78 Å². The quantitative estimate of drug-likeness (QED) is 0.0147. The number of hydrogen-bond donors (Lipinski definition) is 2. The van der Waals surface area contributed by atoms with E-state index in [1.807, 2.05) is 55.4 Å². The second-order valence-electron chi connectivity index (χ2n) is 12.4. The molecule has 0 amide bonds. The summed E-state index contributed by atoms with van der Waals surface area (Å²) in [6.07, 6.45) is 6.02. The van der Waals surface area contributed by atoms with Crippen LogP contribution < -0.4 is 0 Å². The van der Waals surface area contributed by atoms with Crippen molar-refractivity contribution in [1.82, 2.24) is 0 Å². The molecule has 2 N–H and O–H groups in total. The molecule has 0 saturated heterocycles. The summed E-state index contributed by atoms with van der Waals surface area (Å²) in [6, 6.07) is 0. The van der Waals surface area contributed by atoms with Crippen LogP contribution >= 0.6 is 0 Å². The zero-order chi connectivity index (χ0) is 40.8. The van der Waals surface area contributed by atoms with Gasteiger partial charge in [-0.15, -0.1) is 0 Å². The van der Waals surface area contributed by atoms with Crippen LogP contribution in [0.3, 0.4) is 0 Å². The zero-order valence-corrected chi connectivity index (χ0v) is 38.6. The molecule has 0 aliphatic rings. The van der Waals surface area contributed by atoms with Crippen molar-refractivity contribution in [1.29, 1.82) is 0 Å². The van der Waals surface area contributed by atoms with Crippen molar-refractivity contribution in [2.45, 2.75) is 148 Å². The van der Waals surface area contributed by atoms with Gasteiger partial charge in [0.05, 0.1) is 43.0 Å². The van der Waals surface area contributed by atoms with E-state index in [2.05, 4.69) is 32.4 Å². The first-order chi connectivity index (χ1) is 23.9. The number of ether oxygens (including phenoxy) is 3. The summed E-state index contributed by atoms with van der Waals surface area (Å²) < 4.78 is 14.2. The predicted octanol–water partition coefficient (Wildman–Crippen LogP) is 7.87. The standard InChI is InChI=1S/2C11H22O4.3C5H10O2.Pb/c2*1-5-9(3)7-14-15-8-13-11(12)10(4)6-2;1-3-5(2)7-4-6;2*1-3-4(2)5(6)7;/h2*9-10H,5-8H2,1-4H3;4-5H,3H2,1-2H3;2*4H,3H2,1-2H3,(H,6,7);/q;;;;;+2. The maximum atomic E-state index is 11.2. The number of aliphatic carboxylic acids is 2. The van der Waals surface area contributed by atoms with Gasteiger partial charge in [-0.3, -0.25) is 24.0 Å². The summed E-state index contributed by atoms with van der Waals surface area (Å²) in [5, 5.41) is 16.4. The van der Waals surface area contributed by atoms with Gasteiger partial charge >= 0.3 is 51.2 Å².